The predicted octanol–water partition coefficient (Wildman–Crippen LogP) is 2.23. The van der Waals surface area contributed by atoms with E-state index in [1.807, 2.05) is 18.2 Å². The van der Waals surface area contributed by atoms with Gasteiger partial charge in [-0.25, -0.2) is 0 Å². The highest BCUT2D eigenvalue weighted by molar-refractivity contribution is 6.47. The van der Waals surface area contributed by atoms with E-state index in [1.165, 1.54) is 0 Å². The molecule has 0 saturated carbocycles. The second-order valence-electron chi connectivity index (χ2n) is 4.89. The Labute approximate surface area is 112 Å². The van der Waals surface area contributed by atoms with Crippen molar-refractivity contribution in [2.75, 3.05) is 6.61 Å². The lowest BCUT2D eigenvalue weighted by molar-refractivity contribution is 0.299. The van der Waals surface area contributed by atoms with Crippen LogP contribution in [0.5, 0.6) is 0 Å². The number of hydrogen-bond acceptors (Lipinski definition) is 4. The van der Waals surface area contributed by atoms with Gasteiger partial charge in [0.05, 0.1) is 18.2 Å². The second-order valence-corrected chi connectivity index (χ2v) is 4.89. The highest BCUT2D eigenvalue weighted by Gasteiger charge is 2.37. The molecule has 2 aliphatic carbocycles. The lowest BCUT2D eigenvalue weighted by Crippen LogP contribution is -2.17. The minimum atomic E-state index is -0.689. The summed E-state index contributed by atoms with van der Waals surface area (Å²) in [4.78, 5) is 0. The molecule has 1 atom stereocenters. The number of fused-ring (bicyclic) bond motifs is 1. The third-order valence-corrected chi connectivity index (χ3v) is 3.59. The van der Waals surface area contributed by atoms with Crippen LogP contribution in [-0.4, -0.2) is 18.7 Å². The van der Waals surface area contributed by atoms with Gasteiger partial charge >= 0.3 is 7.12 Å². The van der Waals surface area contributed by atoms with Gasteiger partial charge in [-0.1, -0.05) is 6.08 Å². The van der Waals surface area contributed by atoms with Crippen molar-refractivity contribution < 1.29 is 14.4 Å². The first-order chi connectivity index (χ1) is 9.26. The zero-order valence-corrected chi connectivity index (χ0v) is 10.5. The van der Waals surface area contributed by atoms with Crippen LogP contribution in [0.1, 0.15) is 19.3 Å². The van der Waals surface area contributed by atoms with Crippen molar-refractivity contribution in [2.45, 2.75) is 25.1 Å². The Hall–Kier alpha value is -1.77. The van der Waals surface area contributed by atoms with Crippen molar-refractivity contribution in [3.63, 3.8) is 0 Å². The fourth-order valence-corrected chi connectivity index (χ4v) is 2.54. The molecule has 1 saturated heterocycles. The second kappa shape index (κ2) is 5.08. The Morgan fingerprint density at radius 3 is 3.16 bits per heavy atom. The van der Waals surface area contributed by atoms with Gasteiger partial charge in [0.25, 0.3) is 0 Å². The van der Waals surface area contributed by atoms with Crippen molar-refractivity contribution in [1.82, 2.24) is 0 Å². The van der Waals surface area contributed by atoms with E-state index in [-0.39, 0.29) is 5.82 Å². The molecule has 1 fully saturated rings. The molecule has 1 heterocycles. The van der Waals surface area contributed by atoms with Gasteiger partial charge in [0.1, 0.15) is 11.5 Å². The molecule has 19 heavy (non-hydrogen) atoms. The van der Waals surface area contributed by atoms with Gasteiger partial charge in [-0.05, 0) is 36.6 Å². The third-order valence-electron chi connectivity index (χ3n) is 3.59. The zero-order chi connectivity index (χ0) is 13.2. The Bertz CT molecular complexity index is 554. The lowest BCUT2D eigenvalue weighted by Gasteiger charge is -2.19. The zero-order valence-electron chi connectivity index (χ0n) is 10.5. The first kappa shape index (κ1) is 12.3. The average molecular weight is 255 g/mol. The smallest absolute Gasteiger partial charge is 0.462 e. The molecule has 96 valence electrons. The first-order valence-electron chi connectivity index (χ1n) is 6.45. The molecule has 0 amide bonds. The summed E-state index contributed by atoms with van der Waals surface area (Å²) < 4.78 is 11.0. The van der Waals surface area contributed by atoms with Crippen LogP contribution >= 0.6 is 0 Å². The standard InChI is InChI=1S/C14H14BNO3/c16-8-10-2-1-3-12(6-10)19-13-4-5-14-11(7-13)9-18-15(14)17/h2,4,6-7,14,17H,1,3,5,9H2. The molecule has 4 nitrogen and oxygen atoms in total. The first-order valence-corrected chi connectivity index (χ1v) is 6.45. The van der Waals surface area contributed by atoms with E-state index in [0.29, 0.717) is 12.2 Å². The minimum absolute atomic E-state index is 0.0715. The summed E-state index contributed by atoms with van der Waals surface area (Å²) in [5.74, 6) is 1.68. The van der Waals surface area contributed by atoms with Crippen LogP contribution in [0.4, 0.5) is 0 Å². The predicted molar refractivity (Wildman–Crippen MR) is 70.6 cm³/mol. The molecule has 0 spiro atoms. The SMILES string of the molecule is N#CC1=CCCC(OC2=CCC3B(O)OCC3=C2)=C1. The minimum Gasteiger partial charge on any atom is -0.462 e. The van der Waals surface area contributed by atoms with E-state index in [4.69, 9.17) is 14.7 Å². The summed E-state index contributed by atoms with van der Waals surface area (Å²) in [5, 5.41) is 18.5. The molecule has 5 heteroatoms. The molecule has 3 aliphatic rings. The van der Waals surface area contributed by atoms with Crippen LogP contribution in [0.15, 0.2) is 47.0 Å². The molecule has 0 bridgehead atoms. The normalized spacial score (nSPS) is 25.7. The number of ether oxygens (including phenoxy) is 1. The number of nitrogens with zero attached hydrogens (tertiary/aromatic N) is 1. The fourth-order valence-electron chi connectivity index (χ4n) is 2.54. The van der Waals surface area contributed by atoms with Crippen molar-refractivity contribution >= 4 is 7.12 Å². The molecule has 1 N–H and O–H groups in total. The molecular weight excluding hydrogens is 241 g/mol. The maximum absolute atomic E-state index is 9.61. The molecule has 0 aromatic carbocycles. The summed E-state index contributed by atoms with van der Waals surface area (Å²) in [5.41, 5.74) is 1.74. The molecule has 0 aromatic heterocycles. The van der Waals surface area contributed by atoms with E-state index >= 15 is 0 Å². The van der Waals surface area contributed by atoms with Crippen LogP contribution in [0.3, 0.4) is 0 Å². The van der Waals surface area contributed by atoms with Gasteiger partial charge < -0.3 is 14.4 Å². The van der Waals surface area contributed by atoms with Crippen LogP contribution in [0, 0.1) is 11.3 Å². The third kappa shape index (κ3) is 2.51. The van der Waals surface area contributed by atoms with Gasteiger partial charge in [-0.15, -0.1) is 0 Å². The van der Waals surface area contributed by atoms with Crippen molar-refractivity contribution in [3.05, 3.63) is 47.0 Å². The summed E-state index contributed by atoms with van der Waals surface area (Å²) in [6.45, 7) is 0.467. The monoisotopic (exact) mass is 255 g/mol. The molecule has 3 rings (SSSR count). The van der Waals surface area contributed by atoms with E-state index in [0.717, 1.165) is 36.4 Å². The highest BCUT2D eigenvalue weighted by atomic mass is 16.5. The number of hydrogen-bond donors (Lipinski definition) is 1. The summed E-state index contributed by atoms with van der Waals surface area (Å²) in [7, 11) is -0.689. The Morgan fingerprint density at radius 1 is 1.42 bits per heavy atom. The fraction of sp³-hybridized carbons (Fsp3) is 0.357. The topological polar surface area (TPSA) is 62.5 Å². The summed E-state index contributed by atoms with van der Waals surface area (Å²) in [6.07, 6.45) is 9.99. The van der Waals surface area contributed by atoms with E-state index in [9.17, 15) is 5.02 Å². The largest absolute Gasteiger partial charge is 0.462 e. The highest BCUT2D eigenvalue weighted by Crippen LogP contribution is 2.37. The maximum Gasteiger partial charge on any atom is 0.462 e. The Balaban J connectivity index is 1.71. The summed E-state index contributed by atoms with van der Waals surface area (Å²) >= 11 is 0. The number of nitriles is 1. The Kier molecular flexibility index (Phi) is 3.28. The van der Waals surface area contributed by atoms with Gasteiger partial charge in [-0.3, -0.25) is 0 Å². The molecule has 1 unspecified atom stereocenters. The van der Waals surface area contributed by atoms with Crippen LogP contribution in [0.2, 0.25) is 5.82 Å². The van der Waals surface area contributed by atoms with E-state index in [1.54, 1.807) is 6.08 Å². The van der Waals surface area contributed by atoms with Gasteiger partial charge in [0.15, 0.2) is 0 Å². The maximum atomic E-state index is 9.61. The van der Waals surface area contributed by atoms with Gasteiger partial charge in [-0.2, -0.15) is 5.26 Å². The lowest BCUT2D eigenvalue weighted by atomic mass is 9.68. The van der Waals surface area contributed by atoms with Crippen LogP contribution in [0.25, 0.3) is 0 Å². The van der Waals surface area contributed by atoms with Crippen molar-refractivity contribution in [2.24, 2.45) is 0 Å². The van der Waals surface area contributed by atoms with E-state index in [2.05, 4.69) is 6.07 Å². The Morgan fingerprint density at radius 2 is 2.32 bits per heavy atom. The molecule has 0 radical (unpaired) electrons. The molecule has 1 aliphatic heterocycles. The summed E-state index contributed by atoms with van der Waals surface area (Å²) in [6, 6.07) is 2.13. The van der Waals surface area contributed by atoms with Crippen molar-refractivity contribution in [1.29, 1.82) is 5.26 Å². The van der Waals surface area contributed by atoms with Crippen LogP contribution < -0.4 is 0 Å². The van der Waals surface area contributed by atoms with Crippen molar-refractivity contribution in [3.8, 4) is 6.07 Å². The number of rotatable bonds is 2. The van der Waals surface area contributed by atoms with Gasteiger partial charge in [0, 0.05) is 12.2 Å². The average Bonchev–Trinajstić information content (AvgIpc) is 2.80. The molecule has 0 aromatic rings. The van der Waals surface area contributed by atoms with Gasteiger partial charge in [0.2, 0.25) is 0 Å². The van der Waals surface area contributed by atoms with Crippen LogP contribution in [-0.2, 0) is 9.39 Å². The number of allylic oxidation sites excluding steroid dienone is 6. The molecular formula is C14H14BNO3. The quantitative estimate of drug-likeness (QED) is 0.768. The van der Waals surface area contributed by atoms with E-state index < -0.39 is 7.12 Å².